The smallest absolute Gasteiger partial charge is 0.220 e. The number of fused-ring (bicyclic) bond motifs is 1. The highest BCUT2D eigenvalue weighted by Crippen LogP contribution is 2.27. The van der Waals surface area contributed by atoms with Gasteiger partial charge in [0.15, 0.2) is 0 Å². The topological polar surface area (TPSA) is 44.4 Å². The zero-order chi connectivity index (χ0) is 15.2. The fourth-order valence-electron chi connectivity index (χ4n) is 3.57. The van der Waals surface area contributed by atoms with Crippen molar-refractivity contribution in [3.05, 3.63) is 35.4 Å². The monoisotopic (exact) mass is 337 g/mol. The second-order valence-electron chi connectivity index (χ2n) is 6.52. The molecule has 1 amide bonds. The molecular formula is C18H28ClN3O. The zero-order valence-corrected chi connectivity index (χ0v) is 14.5. The van der Waals surface area contributed by atoms with Crippen LogP contribution in [0.4, 0.5) is 0 Å². The molecule has 0 radical (unpaired) electrons. The van der Waals surface area contributed by atoms with Gasteiger partial charge in [0, 0.05) is 45.7 Å². The number of aryl methyl sites for hydroxylation is 1. The van der Waals surface area contributed by atoms with Crippen LogP contribution in [0.2, 0.25) is 0 Å². The predicted molar refractivity (Wildman–Crippen MR) is 96.1 cm³/mol. The third-order valence-electron chi connectivity index (χ3n) is 4.88. The van der Waals surface area contributed by atoms with Gasteiger partial charge in [-0.1, -0.05) is 24.3 Å². The van der Waals surface area contributed by atoms with Crippen LogP contribution in [0.25, 0.3) is 0 Å². The van der Waals surface area contributed by atoms with Crippen molar-refractivity contribution in [1.82, 2.24) is 15.5 Å². The molecule has 0 saturated carbocycles. The minimum Gasteiger partial charge on any atom is -0.355 e. The standard InChI is InChI=1S/C18H27N3O.ClH/c22-18(20-9-12-21-10-7-19-8-11-21)14-15-5-6-16-3-1-2-4-17(16)13-15;/h1-4,15,19H,5-14H2,(H,20,22);1H. The Morgan fingerprint density at radius 3 is 2.74 bits per heavy atom. The fraction of sp³-hybridized carbons (Fsp3) is 0.611. The Labute approximate surface area is 145 Å². The molecule has 23 heavy (non-hydrogen) atoms. The van der Waals surface area contributed by atoms with Gasteiger partial charge < -0.3 is 10.6 Å². The van der Waals surface area contributed by atoms with Crippen LogP contribution < -0.4 is 10.6 Å². The van der Waals surface area contributed by atoms with Gasteiger partial charge in [0.05, 0.1) is 0 Å². The van der Waals surface area contributed by atoms with Gasteiger partial charge in [0.25, 0.3) is 0 Å². The SMILES string of the molecule is Cl.O=C(CC1CCc2ccccc2C1)NCCN1CCNCC1. The van der Waals surface area contributed by atoms with E-state index in [-0.39, 0.29) is 18.3 Å². The summed E-state index contributed by atoms with van der Waals surface area (Å²) in [4.78, 5) is 14.5. The molecule has 1 heterocycles. The molecule has 0 spiro atoms. The third-order valence-corrected chi connectivity index (χ3v) is 4.88. The summed E-state index contributed by atoms with van der Waals surface area (Å²) in [5.74, 6) is 0.730. The highest BCUT2D eigenvalue weighted by molar-refractivity contribution is 5.85. The number of carbonyl (C=O) groups excluding carboxylic acids is 1. The van der Waals surface area contributed by atoms with E-state index in [1.165, 1.54) is 11.1 Å². The van der Waals surface area contributed by atoms with Crippen LogP contribution in [0.15, 0.2) is 24.3 Å². The highest BCUT2D eigenvalue weighted by atomic mass is 35.5. The molecule has 4 nitrogen and oxygen atoms in total. The van der Waals surface area contributed by atoms with Gasteiger partial charge in [-0.15, -0.1) is 12.4 Å². The molecule has 3 rings (SSSR count). The van der Waals surface area contributed by atoms with Gasteiger partial charge in [-0.2, -0.15) is 0 Å². The predicted octanol–water partition coefficient (Wildman–Crippen LogP) is 1.62. The van der Waals surface area contributed by atoms with E-state index in [0.717, 1.165) is 58.5 Å². The van der Waals surface area contributed by atoms with E-state index in [4.69, 9.17) is 0 Å². The second kappa shape index (κ2) is 9.26. The maximum atomic E-state index is 12.1. The Morgan fingerprint density at radius 2 is 1.96 bits per heavy atom. The number of hydrogen-bond donors (Lipinski definition) is 2. The lowest BCUT2D eigenvalue weighted by Crippen LogP contribution is -2.46. The van der Waals surface area contributed by atoms with E-state index >= 15 is 0 Å². The van der Waals surface area contributed by atoms with Crippen LogP contribution in [0.5, 0.6) is 0 Å². The van der Waals surface area contributed by atoms with E-state index in [1.807, 2.05) is 0 Å². The Balaban J connectivity index is 0.00000192. The van der Waals surface area contributed by atoms with Crippen LogP contribution in [0.1, 0.15) is 24.0 Å². The van der Waals surface area contributed by atoms with Crippen molar-refractivity contribution in [2.24, 2.45) is 5.92 Å². The fourth-order valence-corrected chi connectivity index (χ4v) is 3.57. The summed E-state index contributed by atoms with van der Waals surface area (Å²) < 4.78 is 0. The molecule has 2 N–H and O–H groups in total. The summed E-state index contributed by atoms with van der Waals surface area (Å²) in [5, 5.41) is 6.45. The molecule has 1 aromatic rings. The average Bonchev–Trinajstić information content (AvgIpc) is 2.56. The lowest BCUT2D eigenvalue weighted by Gasteiger charge is -2.27. The van der Waals surface area contributed by atoms with E-state index in [0.29, 0.717) is 12.3 Å². The van der Waals surface area contributed by atoms with Crippen molar-refractivity contribution in [3.8, 4) is 0 Å². The number of hydrogen-bond acceptors (Lipinski definition) is 3. The summed E-state index contributed by atoms with van der Waals surface area (Å²) in [6.07, 6.45) is 3.99. The van der Waals surface area contributed by atoms with Crippen LogP contribution >= 0.6 is 12.4 Å². The lowest BCUT2D eigenvalue weighted by atomic mass is 9.82. The molecule has 1 aromatic carbocycles. The molecule has 128 valence electrons. The van der Waals surface area contributed by atoms with Gasteiger partial charge in [0.2, 0.25) is 5.91 Å². The van der Waals surface area contributed by atoms with E-state index in [9.17, 15) is 4.79 Å². The van der Waals surface area contributed by atoms with E-state index in [2.05, 4.69) is 39.8 Å². The minimum absolute atomic E-state index is 0. The Kier molecular flexibility index (Phi) is 7.34. The number of halogens is 1. The summed E-state index contributed by atoms with van der Waals surface area (Å²) in [6.45, 7) is 6.07. The number of nitrogens with zero attached hydrogens (tertiary/aromatic N) is 1. The summed E-state index contributed by atoms with van der Waals surface area (Å²) in [5.41, 5.74) is 2.91. The molecule has 2 aliphatic rings. The number of benzene rings is 1. The van der Waals surface area contributed by atoms with Gasteiger partial charge in [-0.05, 0) is 36.3 Å². The molecule has 0 bridgehead atoms. The number of piperazine rings is 1. The summed E-state index contributed by atoms with van der Waals surface area (Å²) in [6, 6.07) is 8.65. The van der Waals surface area contributed by atoms with Crippen molar-refractivity contribution >= 4 is 18.3 Å². The van der Waals surface area contributed by atoms with Gasteiger partial charge in [0.1, 0.15) is 0 Å². The molecule has 5 heteroatoms. The number of nitrogens with one attached hydrogen (secondary N) is 2. The van der Waals surface area contributed by atoms with Crippen molar-refractivity contribution in [3.63, 3.8) is 0 Å². The van der Waals surface area contributed by atoms with Crippen molar-refractivity contribution in [2.45, 2.75) is 25.7 Å². The normalized spacial score (nSPS) is 21.1. The first kappa shape index (κ1) is 18.2. The van der Waals surface area contributed by atoms with Gasteiger partial charge >= 0.3 is 0 Å². The lowest BCUT2D eigenvalue weighted by molar-refractivity contribution is -0.122. The van der Waals surface area contributed by atoms with E-state index in [1.54, 1.807) is 0 Å². The molecule has 1 unspecified atom stereocenters. The zero-order valence-electron chi connectivity index (χ0n) is 13.7. The minimum atomic E-state index is 0. The number of amides is 1. The Morgan fingerprint density at radius 1 is 1.22 bits per heavy atom. The van der Waals surface area contributed by atoms with Crippen LogP contribution in [-0.2, 0) is 17.6 Å². The van der Waals surface area contributed by atoms with Crippen molar-refractivity contribution < 1.29 is 4.79 Å². The third kappa shape index (κ3) is 5.48. The Hall–Kier alpha value is -1.10. The van der Waals surface area contributed by atoms with Crippen LogP contribution in [0.3, 0.4) is 0 Å². The number of carbonyl (C=O) groups is 1. The largest absolute Gasteiger partial charge is 0.355 e. The first-order valence-electron chi connectivity index (χ1n) is 8.58. The van der Waals surface area contributed by atoms with Gasteiger partial charge in [-0.3, -0.25) is 9.69 Å². The first-order valence-corrected chi connectivity index (χ1v) is 8.58. The Bertz CT molecular complexity index is 503. The molecule has 1 aliphatic heterocycles. The van der Waals surface area contributed by atoms with Gasteiger partial charge in [-0.25, -0.2) is 0 Å². The van der Waals surface area contributed by atoms with E-state index < -0.39 is 0 Å². The summed E-state index contributed by atoms with van der Waals surface area (Å²) >= 11 is 0. The molecule has 1 fully saturated rings. The molecular weight excluding hydrogens is 310 g/mol. The summed E-state index contributed by atoms with van der Waals surface area (Å²) in [7, 11) is 0. The molecule has 1 atom stereocenters. The molecule has 1 aliphatic carbocycles. The second-order valence-corrected chi connectivity index (χ2v) is 6.52. The van der Waals surface area contributed by atoms with Crippen molar-refractivity contribution in [1.29, 1.82) is 0 Å². The molecule has 0 aromatic heterocycles. The number of rotatable bonds is 5. The van der Waals surface area contributed by atoms with Crippen LogP contribution in [0, 0.1) is 5.92 Å². The quantitative estimate of drug-likeness (QED) is 0.858. The first-order chi connectivity index (χ1) is 10.8. The average molecular weight is 338 g/mol. The maximum absolute atomic E-state index is 12.1. The molecule has 1 saturated heterocycles. The van der Waals surface area contributed by atoms with Crippen LogP contribution in [-0.4, -0.2) is 50.1 Å². The highest BCUT2D eigenvalue weighted by Gasteiger charge is 2.20. The maximum Gasteiger partial charge on any atom is 0.220 e. The van der Waals surface area contributed by atoms with Crippen molar-refractivity contribution in [2.75, 3.05) is 39.3 Å².